The predicted octanol–water partition coefficient (Wildman–Crippen LogP) is 5.89. The summed E-state index contributed by atoms with van der Waals surface area (Å²) < 4.78 is 42.7. The third-order valence-electron chi connectivity index (χ3n) is 19.3. The van der Waals surface area contributed by atoms with Crippen LogP contribution in [0.4, 0.5) is 24.9 Å². The Kier molecular flexibility index (Phi) is 24.5. The number of aliphatic hydroxyl groups excluding tert-OH is 2. The summed E-state index contributed by atoms with van der Waals surface area (Å²) in [6.07, 6.45) is -12.4. The molecule has 4 aliphatic rings. The van der Waals surface area contributed by atoms with Gasteiger partial charge in [-0.1, -0.05) is 102 Å². The van der Waals surface area contributed by atoms with Gasteiger partial charge in [0.1, 0.15) is 41.7 Å². The lowest BCUT2D eigenvalue weighted by Crippen LogP contribution is -2.85. The van der Waals surface area contributed by atoms with E-state index in [1.54, 1.807) is 93.6 Å². The fourth-order valence-corrected chi connectivity index (χ4v) is 14.2. The number of primary amides is 1. The number of nitrogens with two attached hydrogens (primary N) is 1. The van der Waals surface area contributed by atoms with Crippen LogP contribution in [0, 0.1) is 22.7 Å². The minimum atomic E-state index is -2.63. The van der Waals surface area contributed by atoms with E-state index in [0.717, 1.165) is 11.8 Å². The maximum Gasteiger partial charge on any atom is 0.410 e. The average molecular weight is 1380 g/mol. The summed E-state index contributed by atoms with van der Waals surface area (Å²) in [7, 11) is 2.74. The van der Waals surface area contributed by atoms with Crippen molar-refractivity contribution in [2.45, 2.75) is 199 Å². The van der Waals surface area contributed by atoms with Crippen molar-refractivity contribution in [3.8, 4) is 0 Å². The molecule has 7 rings (SSSR count). The molecule has 7 amide bonds. The topological polar surface area (TPSA) is 389 Å². The molecule has 1 heterocycles. The first-order valence-corrected chi connectivity index (χ1v) is 33.2. The van der Waals surface area contributed by atoms with E-state index in [2.05, 4.69) is 26.6 Å². The molecule has 10 N–H and O–H groups in total. The third kappa shape index (κ3) is 17.0. The first kappa shape index (κ1) is 77.6. The monoisotopic (exact) mass is 1380 g/mol. The number of nitrogens with one attached hydrogen (secondary N) is 5. The maximum absolute atomic E-state index is 16.5. The third-order valence-corrected chi connectivity index (χ3v) is 19.3. The Morgan fingerprint density at radius 1 is 0.808 bits per heavy atom. The quantitative estimate of drug-likeness (QED) is 0.0207. The van der Waals surface area contributed by atoms with Gasteiger partial charge in [0.15, 0.2) is 23.6 Å². The molecule has 0 radical (unpaired) electrons. The summed E-state index contributed by atoms with van der Waals surface area (Å²) in [6.45, 7) is 19.8. The molecule has 3 aromatic rings. The molecule has 3 aromatic carbocycles. The number of ether oxygens (including phenoxy) is 7. The number of benzene rings is 3. The number of rotatable bonds is 25. The van der Waals surface area contributed by atoms with E-state index in [0.29, 0.717) is 17.7 Å². The molecule has 0 aromatic heterocycles. The highest BCUT2D eigenvalue weighted by Gasteiger charge is 2.82. The van der Waals surface area contributed by atoms with Crippen molar-refractivity contribution < 1.29 is 96.4 Å². The number of carbonyl (C=O) groups is 10. The van der Waals surface area contributed by atoms with E-state index in [9.17, 15) is 58.5 Å². The summed E-state index contributed by atoms with van der Waals surface area (Å²) in [4.78, 5) is 142. The van der Waals surface area contributed by atoms with Gasteiger partial charge in [0.2, 0.25) is 11.8 Å². The van der Waals surface area contributed by atoms with Crippen LogP contribution in [0.25, 0.3) is 0 Å². The van der Waals surface area contributed by atoms with Crippen LogP contribution in [0.3, 0.4) is 0 Å². The highest BCUT2D eigenvalue weighted by atomic mass is 16.6. The van der Waals surface area contributed by atoms with Gasteiger partial charge in [-0.25, -0.2) is 28.8 Å². The van der Waals surface area contributed by atoms with Crippen molar-refractivity contribution in [1.82, 2.24) is 31.1 Å². The number of aliphatic hydroxyl groups is 3. The van der Waals surface area contributed by atoms with E-state index in [4.69, 9.17) is 38.9 Å². The molecule has 542 valence electrons. The molecule has 28 heteroatoms. The van der Waals surface area contributed by atoms with Crippen molar-refractivity contribution in [1.29, 1.82) is 0 Å². The molecule has 3 fully saturated rings. The molecule has 13 atom stereocenters. The molecule has 99 heavy (non-hydrogen) atoms. The molecule has 2 bridgehead atoms. The minimum absolute atomic E-state index is 0.00737. The van der Waals surface area contributed by atoms with Gasteiger partial charge >= 0.3 is 42.2 Å². The summed E-state index contributed by atoms with van der Waals surface area (Å²) in [5.74, 6) is -6.98. The van der Waals surface area contributed by atoms with E-state index in [1.807, 2.05) is 27.7 Å². The van der Waals surface area contributed by atoms with Gasteiger partial charge in [-0.3, -0.25) is 19.2 Å². The summed E-state index contributed by atoms with van der Waals surface area (Å²) >= 11 is 0. The molecular formula is C71H98N8O20. The number of hydrogen-bond acceptors (Lipinski definition) is 21. The second-order valence-electron chi connectivity index (χ2n) is 28.6. The molecule has 2 saturated carbocycles. The summed E-state index contributed by atoms with van der Waals surface area (Å²) in [5.41, 5.74) is -6.03. The SMILES string of the molecule is CC(=O)O[C@@]12CO[C@@H]1C[C@H](O)[C@@]1(C)C(=O)[C@H](OC(=O)N(C)CCN(C)C(=O)OCc3ccc(NC(=O)[C@H](CCCNC(N)=O)NC(=O)[C@@H](NC(C)C)C(C)C)cc3)C3=C(C)[C@@H](OC(=O)[C@H](O)[C@@H](NC(=O)OC(C)(C)C)c4ccccc4)C[C@](O)(C3(C)C)[C@@](C)(OC(=O)c3ccccc3)C12. The number of Topliss-reactive ketones (excluding diaryl/α,β-unsaturated/α-hetero) is 1. The standard InChI is InChI=1S/C71H98N8O20/c1-39(2)52(74-40(3)4)58(85)76-47(27-22-32-73-62(72)88)57(84)75-46-30-28-43(29-31-46)37-93-64(90)78(14)33-34-79(15)65(91)96-55-51-41(5)48(95-60(87)54(82)53(44-23-18-16-19-24-44)77-63(89)99-66(7,8)9)36-71(92,67(51,10)11)69(13,98-59(86)45-25-20-17-21-26-45)61-68(12,56(55)83)49(81)35-50-70(61,38-94-50)97-42(6)80/h16-21,23-26,28-31,39-40,47-50,52-55,61,74,81-82,92H,22,27,32-38H2,1-15H3,(H,75,84)(H,76,85)(H,77,89)(H3,72,73,88)/t47-,48-,49-,50+,52-,53-,54+,55+,61?,68-,69-,70-,71-/m0/s1. The minimum Gasteiger partial charge on any atom is -0.456 e. The van der Waals surface area contributed by atoms with Gasteiger partial charge in [-0.05, 0) is 107 Å². The maximum atomic E-state index is 16.5. The van der Waals surface area contributed by atoms with Crippen molar-refractivity contribution in [3.05, 3.63) is 113 Å². The number of amides is 7. The molecular weight excluding hydrogens is 1280 g/mol. The van der Waals surface area contributed by atoms with Gasteiger partial charge in [0.05, 0.1) is 41.7 Å². The molecule has 3 aliphatic carbocycles. The van der Waals surface area contributed by atoms with Gasteiger partial charge < -0.3 is 90.6 Å². The Labute approximate surface area is 577 Å². The molecule has 1 saturated heterocycles. The number of urea groups is 1. The van der Waals surface area contributed by atoms with Gasteiger partial charge in [-0.15, -0.1) is 0 Å². The number of nitrogens with zero attached hydrogens (tertiary/aromatic N) is 2. The molecule has 28 nitrogen and oxygen atoms in total. The Hall–Kier alpha value is -8.70. The Morgan fingerprint density at radius 2 is 1.41 bits per heavy atom. The zero-order chi connectivity index (χ0) is 73.5. The van der Waals surface area contributed by atoms with Crippen LogP contribution >= 0.6 is 0 Å². The van der Waals surface area contributed by atoms with E-state index in [1.165, 1.54) is 65.7 Å². The number of esters is 3. The van der Waals surface area contributed by atoms with Gasteiger partial charge in [0, 0.05) is 70.6 Å². The highest BCUT2D eigenvalue weighted by molar-refractivity contribution is 5.98. The first-order valence-electron chi connectivity index (χ1n) is 33.2. The number of fused-ring (bicyclic) bond motifs is 5. The van der Waals surface area contributed by atoms with Crippen LogP contribution in [0.5, 0.6) is 0 Å². The van der Waals surface area contributed by atoms with Crippen molar-refractivity contribution in [2.75, 3.05) is 45.7 Å². The summed E-state index contributed by atoms with van der Waals surface area (Å²) in [6, 6.07) is 18.3. The molecule has 0 spiro atoms. The number of hydrogen-bond donors (Lipinski definition) is 9. The van der Waals surface area contributed by atoms with Crippen LogP contribution in [-0.2, 0) is 63.7 Å². The van der Waals surface area contributed by atoms with Crippen LogP contribution < -0.4 is 32.3 Å². The van der Waals surface area contributed by atoms with Crippen molar-refractivity contribution in [3.63, 3.8) is 0 Å². The van der Waals surface area contributed by atoms with E-state index >= 15 is 4.79 Å². The lowest BCUT2D eigenvalue weighted by atomic mass is 9.41. The number of carbonyl (C=O) groups excluding carboxylic acids is 10. The Balaban J connectivity index is 1.17. The Morgan fingerprint density at radius 3 is 1.97 bits per heavy atom. The van der Waals surface area contributed by atoms with E-state index in [-0.39, 0.29) is 79.2 Å². The fourth-order valence-electron chi connectivity index (χ4n) is 14.2. The van der Waals surface area contributed by atoms with Gasteiger partial charge in [-0.2, -0.15) is 0 Å². The number of alkyl carbamates (subject to hydrolysis) is 1. The smallest absolute Gasteiger partial charge is 0.410 e. The lowest BCUT2D eigenvalue weighted by molar-refractivity contribution is -0.365. The predicted molar refractivity (Wildman–Crippen MR) is 359 cm³/mol. The zero-order valence-corrected chi connectivity index (χ0v) is 59.1. The zero-order valence-electron chi connectivity index (χ0n) is 59.1. The summed E-state index contributed by atoms with van der Waals surface area (Å²) in [5, 5.41) is 53.0. The van der Waals surface area contributed by atoms with Crippen LogP contribution in [0.15, 0.2) is 96.1 Å². The molecule has 1 unspecified atom stereocenters. The number of anilines is 1. The average Bonchev–Trinajstić information content (AvgIpc) is 0.657. The number of likely N-dealkylation sites (N-methyl/N-ethyl adjacent to an activating group) is 2. The second kappa shape index (κ2) is 31.2. The van der Waals surface area contributed by atoms with Gasteiger partial charge in [0.25, 0.3) is 0 Å². The fraction of sp³-hybridized carbons (Fsp3) is 0.577. The van der Waals surface area contributed by atoms with Crippen molar-refractivity contribution in [2.24, 2.45) is 28.4 Å². The van der Waals surface area contributed by atoms with Crippen LogP contribution in [-0.4, -0.2) is 196 Å². The van der Waals surface area contributed by atoms with Crippen molar-refractivity contribution >= 4 is 65.5 Å². The van der Waals surface area contributed by atoms with E-state index < -0.39 is 155 Å². The normalized spacial score (nSPS) is 25.7. The number of ketones is 1. The lowest BCUT2D eigenvalue weighted by Gasteiger charge is -2.70. The Bertz CT molecular complexity index is 3490. The molecule has 1 aliphatic heterocycles. The van der Waals surface area contributed by atoms with Crippen LogP contribution in [0.2, 0.25) is 0 Å². The van der Waals surface area contributed by atoms with Crippen LogP contribution in [0.1, 0.15) is 143 Å². The highest BCUT2D eigenvalue weighted by Crippen LogP contribution is 2.68. The first-order chi connectivity index (χ1) is 46.2. The second-order valence-corrected chi connectivity index (χ2v) is 28.6. The largest absolute Gasteiger partial charge is 0.456 e.